The first-order chi connectivity index (χ1) is 9.75. The van der Waals surface area contributed by atoms with Gasteiger partial charge in [0.2, 0.25) is 0 Å². The molecule has 3 rings (SSSR count). The van der Waals surface area contributed by atoms with E-state index in [0.717, 1.165) is 24.9 Å². The number of benzene rings is 2. The van der Waals surface area contributed by atoms with Gasteiger partial charge in [-0.15, -0.1) is 0 Å². The van der Waals surface area contributed by atoms with E-state index in [1.165, 1.54) is 11.1 Å². The van der Waals surface area contributed by atoms with Gasteiger partial charge in [0.15, 0.2) is 0 Å². The Morgan fingerprint density at radius 3 is 2.55 bits per heavy atom. The minimum absolute atomic E-state index is 0.0268. The third kappa shape index (κ3) is 2.15. The van der Waals surface area contributed by atoms with Crippen molar-refractivity contribution >= 4 is 0 Å². The van der Waals surface area contributed by atoms with Crippen molar-refractivity contribution in [2.24, 2.45) is 0 Å². The van der Waals surface area contributed by atoms with Crippen LogP contribution in [-0.4, -0.2) is 5.11 Å². The van der Waals surface area contributed by atoms with E-state index in [0.29, 0.717) is 0 Å². The maximum Gasteiger partial charge on any atom is 0.109 e. The van der Waals surface area contributed by atoms with Crippen LogP contribution >= 0.6 is 0 Å². The van der Waals surface area contributed by atoms with E-state index in [9.17, 15) is 5.11 Å². The van der Waals surface area contributed by atoms with Crippen molar-refractivity contribution in [1.29, 1.82) is 0 Å². The number of aliphatic hydroxyl groups is 1. The summed E-state index contributed by atoms with van der Waals surface area (Å²) < 4.78 is 0. The number of hydrogen-bond donors (Lipinski definition) is 2. The molecule has 1 aliphatic heterocycles. The van der Waals surface area contributed by atoms with Gasteiger partial charge in [-0.2, -0.15) is 0 Å². The highest BCUT2D eigenvalue weighted by molar-refractivity contribution is 5.39. The second kappa shape index (κ2) is 5.39. The zero-order valence-corrected chi connectivity index (χ0v) is 11.8. The van der Waals surface area contributed by atoms with E-state index in [1.54, 1.807) is 0 Å². The maximum absolute atomic E-state index is 11.4. The molecule has 2 aromatic carbocycles. The van der Waals surface area contributed by atoms with Gasteiger partial charge in [-0.1, -0.05) is 67.9 Å². The normalized spacial score (nSPS) is 20.4. The molecule has 0 spiro atoms. The zero-order valence-electron chi connectivity index (χ0n) is 11.8. The highest BCUT2D eigenvalue weighted by Crippen LogP contribution is 2.42. The third-order valence-corrected chi connectivity index (χ3v) is 4.25. The van der Waals surface area contributed by atoms with Crippen LogP contribution in [-0.2, 0) is 12.1 Å². The number of fused-ring (bicyclic) bond motifs is 1. The summed E-state index contributed by atoms with van der Waals surface area (Å²) in [6, 6.07) is 18.4. The first-order valence-corrected chi connectivity index (χ1v) is 7.35. The lowest BCUT2D eigenvalue weighted by Gasteiger charge is -2.35. The molecule has 0 bridgehead atoms. The predicted octanol–water partition coefficient (Wildman–Crippen LogP) is 3.52. The van der Waals surface area contributed by atoms with Crippen LogP contribution in [0.25, 0.3) is 0 Å². The first-order valence-electron chi connectivity index (χ1n) is 7.35. The van der Waals surface area contributed by atoms with Crippen LogP contribution in [0, 0.1) is 0 Å². The quantitative estimate of drug-likeness (QED) is 0.888. The SMILES string of the molecule is CCCC(O)(c1ccccc1)C1NCc2ccccc21. The summed E-state index contributed by atoms with van der Waals surface area (Å²) >= 11 is 0. The molecule has 0 saturated heterocycles. The molecule has 0 fully saturated rings. The lowest BCUT2D eigenvalue weighted by atomic mass is 9.80. The van der Waals surface area contributed by atoms with Crippen LogP contribution in [0.4, 0.5) is 0 Å². The van der Waals surface area contributed by atoms with Gasteiger partial charge in [-0.3, -0.25) is 0 Å². The summed E-state index contributed by atoms with van der Waals surface area (Å²) in [6.07, 6.45) is 1.70. The first kappa shape index (κ1) is 13.3. The summed E-state index contributed by atoms with van der Waals surface area (Å²) in [6.45, 7) is 2.95. The van der Waals surface area contributed by atoms with Gasteiger partial charge in [-0.25, -0.2) is 0 Å². The molecule has 2 heteroatoms. The van der Waals surface area contributed by atoms with E-state index < -0.39 is 5.60 Å². The molecular weight excluding hydrogens is 246 g/mol. The smallest absolute Gasteiger partial charge is 0.109 e. The van der Waals surface area contributed by atoms with Gasteiger partial charge in [0, 0.05) is 6.54 Å². The summed E-state index contributed by atoms with van der Waals surface area (Å²) in [5, 5.41) is 14.9. The molecule has 2 nitrogen and oxygen atoms in total. The second-order valence-corrected chi connectivity index (χ2v) is 5.55. The topological polar surface area (TPSA) is 32.3 Å². The number of nitrogens with one attached hydrogen (secondary N) is 1. The standard InChI is InChI=1S/C18H21NO/c1-2-12-18(20,15-9-4-3-5-10-15)17-16-11-7-6-8-14(16)13-19-17/h3-11,17,19-20H,2,12-13H2,1H3. The number of hydrogen-bond acceptors (Lipinski definition) is 2. The van der Waals surface area contributed by atoms with Crippen molar-refractivity contribution in [2.45, 2.75) is 38.0 Å². The van der Waals surface area contributed by atoms with Crippen molar-refractivity contribution < 1.29 is 5.11 Å². The van der Waals surface area contributed by atoms with Crippen LogP contribution in [0.15, 0.2) is 54.6 Å². The van der Waals surface area contributed by atoms with Crippen LogP contribution in [0.5, 0.6) is 0 Å². The van der Waals surface area contributed by atoms with Crippen molar-refractivity contribution in [3.8, 4) is 0 Å². The lowest BCUT2D eigenvalue weighted by molar-refractivity contribution is -0.0104. The van der Waals surface area contributed by atoms with Crippen LogP contribution in [0.3, 0.4) is 0 Å². The highest BCUT2D eigenvalue weighted by Gasteiger charge is 2.41. The molecule has 0 amide bonds. The van der Waals surface area contributed by atoms with Crippen LogP contribution < -0.4 is 5.32 Å². The Bertz CT molecular complexity index is 581. The average Bonchev–Trinajstić information content (AvgIpc) is 2.93. The largest absolute Gasteiger partial charge is 0.383 e. The molecule has 0 radical (unpaired) electrons. The Kier molecular flexibility index (Phi) is 3.60. The Labute approximate surface area is 120 Å². The maximum atomic E-state index is 11.4. The molecule has 2 N–H and O–H groups in total. The number of rotatable bonds is 4. The molecule has 1 aliphatic rings. The third-order valence-electron chi connectivity index (χ3n) is 4.25. The zero-order chi connectivity index (χ0) is 14.0. The fourth-order valence-corrected chi connectivity index (χ4v) is 3.29. The van der Waals surface area contributed by atoms with Crippen molar-refractivity contribution in [3.05, 3.63) is 71.3 Å². The van der Waals surface area contributed by atoms with Crippen molar-refractivity contribution in [2.75, 3.05) is 0 Å². The fourth-order valence-electron chi connectivity index (χ4n) is 3.29. The summed E-state index contributed by atoms with van der Waals surface area (Å²) in [7, 11) is 0. The average molecular weight is 267 g/mol. The molecule has 2 unspecified atom stereocenters. The monoisotopic (exact) mass is 267 g/mol. The Balaban J connectivity index is 2.04. The van der Waals surface area contributed by atoms with E-state index >= 15 is 0 Å². The molecule has 0 aromatic heterocycles. The minimum Gasteiger partial charge on any atom is -0.383 e. The van der Waals surface area contributed by atoms with Gasteiger partial charge in [0.05, 0.1) is 6.04 Å². The van der Waals surface area contributed by atoms with Gasteiger partial charge in [0.25, 0.3) is 0 Å². The highest BCUT2D eigenvalue weighted by atomic mass is 16.3. The van der Waals surface area contributed by atoms with Gasteiger partial charge >= 0.3 is 0 Å². The van der Waals surface area contributed by atoms with Crippen molar-refractivity contribution in [1.82, 2.24) is 5.32 Å². The minimum atomic E-state index is -0.845. The van der Waals surface area contributed by atoms with E-state index in [-0.39, 0.29) is 6.04 Å². The summed E-state index contributed by atoms with van der Waals surface area (Å²) in [4.78, 5) is 0. The summed E-state index contributed by atoms with van der Waals surface area (Å²) in [5.74, 6) is 0. The Hall–Kier alpha value is -1.64. The molecule has 20 heavy (non-hydrogen) atoms. The van der Waals surface area contributed by atoms with Gasteiger partial charge < -0.3 is 10.4 Å². The van der Waals surface area contributed by atoms with E-state index in [1.807, 2.05) is 30.3 Å². The Morgan fingerprint density at radius 2 is 1.80 bits per heavy atom. The lowest BCUT2D eigenvalue weighted by Crippen LogP contribution is -2.38. The fraction of sp³-hybridized carbons (Fsp3) is 0.333. The second-order valence-electron chi connectivity index (χ2n) is 5.55. The van der Waals surface area contributed by atoms with Gasteiger partial charge in [-0.05, 0) is 23.1 Å². The van der Waals surface area contributed by atoms with Crippen LogP contribution in [0.2, 0.25) is 0 Å². The van der Waals surface area contributed by atoms with E-state index in [4.69, 9.17) is 0 Å². The molecule has 0 aliphatic carbocycles. The predicted molar refractivity (Wildman–Crippen MR) is 81.3 cm³/mol. The molecule has 2 atom stereocenters. The van der Waals surface area contributed by atoms with E-state index in [2.05, 4.69) is 36.5 Å². The van der Waals surface area contributed by atoms with Gasteiger partial charge in [0.1, 0.15) is 5.60 Å². The Morgan fingerprint density at radius 1 is 1.10 bits per heavy atom. The van der Waals surface area contributed by atoms with Crippen molar-refractivity contribution in [3.63, 3.8) is 0 Å². The molecule has 2 aromatic rings. The van der Waals surface area contributed by atoms with Crippen LogP contribution in [0.1, 0.15) is 42.5 Å². The molecular formula is C18H21NO. The summed E-state index contributed by atoms with van der Waals surface area (Å²) in [5.41, 5.74) is 2.68. The molecule has 104 valence electrons. The molecule has 0 saturated carbocycles. The molecule has 1 heterocycles.